The second-order valence-electron chi connectivity index (χ2n) is 7.11. The highest BCUT2D eigenvalue weighted by molar-refractivity contribution is 7.10. The van der Waals surface area contributed by atoms with Crippen molar-refractivity contribution in [3.8, 4) is 0 Å². The van der Waals surface area contributed by atoms with Crippen LogP contribution in [0, 0.1) is 0 Å². The molecule has 6 nitrogen and oxygen atoms in total. The van der Waals surface area contributed by atoms with Gasteiger partial charge in [-0.15, -0.1) is 11.3 Å². The molecule has 7 heteroatoms. The Kier molecular flexibility index (Phi) is 5.54. The predicted molar refractivity (Wildman–Crippen MR) is 109 cm³/mol. The van der Waals surface area contributed by atoms with Crippen LogP contribution >= 0.6 is 11.3 Å². The van der Waals surface area contributed by atoms with Crippen LogP contribution in [0.3, 0.4) is 0 Å². The van der Waals surface area contributed by atoms with Crippen LogP contribution in [0.25, 0.3) is 6.08 Å². The van der Waals surface area contributed by atoms with Crippen molar-refractivity contribution in [3.05, 3.63) is 51.4 Å². The molecule has 0 atom stereocenters. The summed E-state index contributed by atoms with van der Waals surface area (Å²) in [6.07, 6.45) is 7.33. The van der Waals surface area contributed by atoms with E-state index < -0.39 is 0 Å². The Bertz CT molecular complexity index is 915. The van der Waals surface area contributed by atoms with Crippen molar-refractivity contribution in [1.82, 2.24) is 9.88 Å². The number of carbonyl (C=O) groups is 2. The Labute approximate surface area is 168 Å². The Morgan fingerprint density at radius 1 is 1.39 bits per heavy atom. The molecule has 0 bridgehead atoms. The van der Waals surface area contributed by atoms with E-state index in [-0.39, 0.29) is 17.9 Å². The number of likely N-dealkylation sites (tertiary alicyclic amines) is 1. The van der Waals surface area contributed by atoms with E-state index in [1.807, 2.05) is 6.07 Å². The van der Waals surface area contributed by atoms with Gasteiger partial charge in [-0.1, -0.05) is 6.92 Å². The highest BCUT2D eigenvalue weighted by Crippen LogP contribution is 2.22. The van der Waals surface area contributed by atoms with Crippen LogP contribution in [0.15, 0.2) is 29.8 Å². The second kappa shape index (κ2) is 8.24. The molecule has 28 heavy (non-hydrogen) atoms. The van der Waals surface area contributed by atoms with Gasteiger partial charge in [0.05, 0.1) is 12.7 Å². The number of aryl methyl sites for hydroxylation is 2. The van der Waals surface area contributed by atoms with Gasteiger partial charge in [0.15, 0.2) is 0 Å². The number of nitrogens with zero attached hydrogens (tertiary/aromatic N) is 2. The van der Waals surface area contributed by atoms with Crippen LogP contribution in [0.5, 0.6) is 0 Å². The van der Waals surface area contributed by atoms with Gasteiger partial charge in [-0.3, -0.25) is 9.59 Å². The number of hydrogen-bond donors (Lipinski definition) is 1. The first-order chi connectivity index (χ1) is 13.6. The first-order valence-electron chi connectivity index (χ1n) is 9.54. The minimum Gasteiger partial charge on any atom is -0.369 e. The summed E-state index contributed by atoms with van der Waals surface area (Å²) in [6.45, 7) is 4.02. The summed E-state index contributed by atoms with van der Waals surface area (Å²) in [5.74, 6) is 0.604. The maximum Gasteiger partial charge on any atom is 0.246 e. The van der Waals surface area contributed by atoms with Crippen LogP contribution in [-0.2, 0) is 33.8 Å². The molecule has 1 fully saturated rings. The molecular weight excluding hydrogens is 374 g/mol. The minimum absolute atomic E-state index is 0.00194. The molecule has 0 aliphatic carbocycles. The average Bonchev–Trinajstić information content (AvgIpc) is 3.13. The van der Waals surface area contributed by atoms with E-state index >= 15 is 0 Å². The third kappa shape index (κ3) is 4.31. The van der Waals surface area contributed by atoms with E-state index in [0.29, 0.717) is 38.4 Å². The summed E-state index contributed by atoms with van der Waals surface area (Å²) in [7, 11) is 0. The number of pyridine rings is 1. The van der Waals surface area contributed by atoms with Gasteiger partial charge in [0, 0.05) is 36.7 Å². The lowest BCUT2D eigenvalue weighted by atomic mass is 10.0. The number of rotatable bonds is 6. The summed E-state index contributed by atoms with van der Waals surface area (Å²) >= 11 is 1.73. The lowest BCUT2D eigenvalue weighted by molar-refractivity contribution is -0.140. The normalized spacial score (nSPS) is 16.8. The topological polar surface area (TPSA) is 71.5 Å². The van der Waals surface area contributed by atoms with E-state index in [9.17, 15) is 9.59 Å². The van der Waals surface area contributed by atoms with Crippen molar-refractivity contribution in [1.29, 1.82) is 0 Å². The van der Waals surface area contributed by atoms with Crippen molar-refractivity contribution in [2.24, 2.45) is 0 Å². The summed E-state index contributed by atoms with van der Waals surface area (Å²) in [5.41, 5.74) is 3.21. The smallest absolute Gasteiger partial charge is 0.246 e. The summed E-state index contributed by atoms with van der Waals surface area (Å²) in [4.78, 5) is 31.0. The number of thiophene rings is 1. The SMILES string of the molecule is CCc1csc(COC2CN(C(=O)/C=C/c3cnc4c(c3)CCC(=O)N4)C2)c1. The van der Waals surface area contributed by atoms with Gasteiger partial charge in [0.1, 0.15) is 5.82 Å². The monoisotopic (exact) mass is 397 g/mol. The maximum atomic E-state index is 12.3. The van der Waals surface area contributed by atoms with E-state index in [0.717, 1.165) is 17.5 Å². The lowest BCUT2D eigenvalue weighted by Gasteiger charge is -2.38. The molecule has 2 aromatic rings. The fourth-order valence-electron chi connectivity index (χ4n) is 3.25. The predicted octanol–water partition coefficient (Wildman–Crippen LogP) is 3.03. The van der Waals surface area contributed by atoms with Crippen molar-refractivity contribution in [3.63, 3.8) is 0 Å². The van der Waals surface area contributed by atoms with Gasteiger partial charge in [-0.2, -0.15) is 0 Å². The molecule has 1 N–H and O–H groups in total. The number of hydrogen-bond acceptors (Lipinski definition) is 5. The first kappa shape index (κ1) is 18.8. The maximum absolute atomic E-state index is 12.3. The molecular formula is C21H23N3O3S. The quantitative estimate of drug-likeness (QED) is 0.761. The van der Waals surface area contributed by atoms with Crippen LogP contribution < -0.4 is 5.32 Å². The molecule has 146 valence electrons. The number of nitrogens with one attached hydrogen (secondary N) is 1. The van der Waals surface area contributed by atoms with E-state index in [4.69, 9.17) is 4.74 Å². The number of aromatic nitrogens is 1. The Morgan fingerprint density at radius 2 is 2.25 bits per heavy atom. The molecule has 1 saturated heterocycles. The molecule has 2 aliphatic heterocycles. The van der Waals surface area contributed by atoms with E-state index in [1.165, 1.54) is 10.4 Å². The summed E-state index contributed by atoms with van der Waals surface area (Å²) in [5, 5.41) is 4.93. The highest BCUT2D eigenvalue weighted by atomic mass is 32.1. The number of ether oxygens (including phenoxy) is 1. The van der Waals surface area contributed by atoms with Crippen molar-refractivity contribution in [2.75, 3.05) is 18.4 Å². The van der Waals surface area contributed by atoms with Gasteiger partial charge in [0.25, 0.3) is 0 Å². The van der Waals surface area contributed by atoms with Crippen molar-refractivity contribution < 1.29 is 14.3 Å². The fourth-order valence-corrected chi connectivity index (χ4v) is 4.14. The first-order valence-corrected chi connectivity index (χ1v) is 10.4. The molecule has 0 aromatic carbocycles. The van der Waals surface area contributed by atoms with Gasteiger partial charge in [0.2, 0.25) is 11.8 Å². The van der Waals surface area contributed by atoms with Crippen LogP contribution in [0.4, 0.5) is 5.82 Å². The van der Waals surface area contributed by atoms with Crippen molar-refractivity contribution in [2.45, 2.75) is 38.9 Å². The molecule has 4 rings (SSSR count). The summed E-state index contributed by atoms with van der Waals surface area (Å²) in [6, 6.07) is 4.16. The Morgan fingerprint density at radius 3 is 3.04 bits per heavy atom. The fraction of sp³-hybridized carbons (Fsp3) is 0.381. The number of amides is 2. The lowest BCUT2D eigenvalue weighted by Crippen LogP contribution is -2.54. The molecule has 0 radical (unpaired) electrons. The van der Waals surface area contributed by atoms with Crippen LogP contribution in [-0.4, -0.2) is 40.9 Å². The molecule has 0 saturated carbocycles. The van der Waals surface area contributed by atoms with Crippen LogP contribution in [0.2, 0.25) is 0 Å². The molecule has 2 aliphatic rings. The molecule has 4 heterocycles. The number of anilines is 1. The Balaban J connectivity index is 1.24. The molecule has 2 amide bonds. The zero-order valence-electron chi connectivity index (χ0n) is 15.8. The Hall–Kier alpha value is -2.51. The second-order valence-corrected chi connectivity index (χ2v) is 8.10. The zero-order valence-corrected chi connectivity index (χ0v) is 16.6. The third-order valence-corrected chi connectivity index (χ3v) is 5.98. The third-order valence-electron chi connectivity index (χ3n) is 5.02. The van der Waals surface area contributed by atoms with Crippen LogP contribution in [0.1, 0.15) is 34.9 Å². The highest BCUT2D eigenvalue weighted by Gasteiger charge is 2.30. The van der Waals surface area contributed by atoms with E-state index in [2.05, 4.69) is 28.7 Å². The average molecular weight is 398 g/mol. The van der Waals surface area contributed by atoms with Gasteiger partial charge in [-0.25, -0.2) is 4.98 Å². The number of fused-ring (bicyclic) bond motifs is 1. The molecule has 0 unspecified atom stereocenters. The zero-order chi connectivity index (χ0) is 19.5. The number of carbonyl (C=O) groups excluding carboxylic acids is 2. The standard InChI is InChI=1S/C21H23N3O3S/c1-2-14-8-18(28-13-14)12-27-17-10-24(11-17)20(26)6-3-15-7-16-4-5-19(25)23-21(16)22-9-15/h3,6-9,13,17H,2,4-5,10-12H2,1H3,(H,22,23,25)/b6-3+. The minimum atomic E-state index is -0.0183. The van der Waals surface area contributed by atoms with Gasteiger partial charge >= 0.3 is 0 Å². The van der Waals surface area contributed by atoms with Gasteiger partial charge < -0.3 is 15.0 Å². The molecule has 2 aromatic heterocycles. The summed E-state index contributed by atoms with van der Waals surface area (Å²) < 4.78 is 5.88. The van der Waals surface area contributed by atoms with Gasteiger partial charge in [-0.05, 0) is 53.1 Å². The van der Waals surface area contributed by atoms with Crippen molar-refractivity contribution >= 4 is 35.0 Å². The largest absolute Gasteiger partial charge is 0.369 e. The molecule has 0 spiro atoms. The van der Waals surface area contributed by atoms with E-state index in [1.54, 1.807) is 34.6 Å².